The van der Waals surface area contributed by atoms with Gasteiger partial charge in [0.1, 0.15) is 20.1 Å². The molecule has 0 aliphatic carbocycles. The van der Waals surface area contributed by atoms with Crippen molar-refractivity contribution in [2.24, 2.45) is 0 Å². The Morgan fingerprint density at radius 2 is 2.36 bits per heavy atom. The third-order valence-electron chi connectivity index (χ3n) is 1.99. The van der Waals surface area contributed by atoms with Gasteiger partial charge in [0.15, 0.2) is 0 Å². The highest BCUT2D eigenvalue weighted by molar-refractivity contribution is 14.1. The molecule has 11 heavy (non-hydrogen) atoms. The van der Waals surface area contributed by atoms with Crippen molar-refractivity contribution >= 4 is 30.4 Å². The summed E-state index contributed by atoms with van der Waals surface area (Å²) >= 11 is 2.20. The van der Waals surface area contributed by atoms with Crippen LogP contribution in [0.1, 0.15) is 0 Å². The van der Waals surface area contributed by atoms with Crippen molar-refractivity contribution in [3.05, 3.63) is 0 Å². The van der Waals surface area contributed by atoms with Crippen LogP contribution in [0.3, 0.4) is 0 Å². The van der Waals surface area contributed by atoms with Crippen LogP contribution in [-0.4, -0.2) is 48.8 Å². The van der Waals surface area contributed by atoms with Gasteiger partial charge in [0.25, 0.3) is 0 Å². The Labute approximate surface area is 81.0 Å². The van der Waals surface area contributed by atoms with E-state index >= 15 is 0 Å². The molecule has 1 aliphatic rings. The molecule has 1 aliphatic heterocycles. The first-order chi connectivity index (χ1) is 5.20. The van der Waals surface area contributed by atoms with E-state index in [1.54, 1.807) is 7.11 Å². The van der Waals surface area contributed by atoms with Gasteiger partial charge in [-0.15, -0.1) is 0 Å². The van der Waals surface area contributed by atoms with Gasteiger partial charge in [0.05, 0.1) is 12.1 Å². The van der Waals surface area contributed by atoms with Gasteiger partial charge >= 0.3 is 0 Å². The summed E-state index contributed by atoms with van der Waals surface area (Å²) in [7, 11) is 3.52. The molecule has 0 spiro atoms. The lowest BCUT2D eigenvalue weighted by atomic mass is 9.93. The Morgan fingerprint density at radius 1 is 1.73 bits per heavy atom. The van der Waals surface area contributed by atoms with Crippen molar-refractivity contribution in [1.82, 2.24) is 0 Å². The second-order valence-electron chi connectivity index (χ2n) is 2.72. The molecule has 1 rings (SSSR count). The van der Waals surface area contributed by atoms with Gasteiger partial charge in [-0.2, -0.15) is 0 Å². The molecule has 1 N–H and O–H groups in total. The van der Waals surface area contributed by atoms with E-state index in [0.29, 0.717) is 0 Å². The van der Waals surface area contributed by atoms with Crippen LogP contribution in [0.2, 0.25) is 0 Å². The highest BCUT2D eigenvalue weighted by Crippen LogP contribution is 2.22. The van der Waals surface area contributed by atoms with Gasteiger partial charge in [-0.05, 0) is 0 Å². The van der Waals surface area contributed by atoms with Crippen molar-refractivity contribution in [2.75, 3.05) is 11.5 Å². The van der Waals surface area contributed by atoms with E-state index in [9.17, 15) is 5.11 Å². The van der Waals surface area contributed by atoms with Crippen molar-refractivity contribution in [3.63, 3.8) is 0 Å². The minimum atomic E-state index is -0.466. The third-order valence-corrected chi connectivity index (χ3v) is 2.86. The smallest absolute Gasteiger partial charge is 0.142 e. The summed E-state index contributed by atoms with van der Waals surface area (Å²) in [5.41, 5.74) is 0. The lowest BCUT2D eigenvalue weighted by Crippen LogP contribution is -2.34. The first kappa shape index (κ1) is 9.76. The third kappa shape index (κ3) is 1.88. The molecule has 0 aromatic rings. The molecule has 0 bridgehead atoms. The average molecular weight is 270 g/mol. The SMILES string of the molecule is B[C@@H]1O[C@H](CI)C(O)C1OC. The minimum absolute atomic E-state index is 0.00904. The van der Waals surface area contributed by atoms with Crippen LogP contribution in [0.15, 0.2) is 0 Å². The first-order valence-electron chi connectivity index (χ1n) is 3.63. The predicted molar refractivity (Wildman–Crippen MR) is 52.9 cm³/mol. The van der Waals surface area contributed by atoms with E-state index in [4.69, 9.17) is 9.47 Å². The Bertz CT molecular complexity index is 135. The maximum atomic E-state index is 9.56. The summed E-state index contributed by atoms with van der Waals surface area (Å²) in [5, 5.41) is 9.56. The summed E-state index contributed by atoms with van der Waals surface area (Å²) in [5.74, 6) is 0. The van der Waals surface area contributed by atoms with Crippen LogP contribution in [-0.2, 0) is 9.47 Å². The molecule has 3 nitrogen and oxygen atoms in total. The van der Waals surface area contributed by atoms with E-state index in [-0.39, 0.29) is 18.2 Å². The van der Waals surface area contributed by atoms with Crippen LogP contribution in [0.4, 0.5) is 0 Å². The predicted octanol–water partition coefficient (Wildman–Crippen LogP) is -0.845. The Morgan fingerprint density at radius 3 is 2.64 bits per heavy atom. The zero-order valence-electron chi connectivity index (χ0n) is 6.66. The van der Waals surface area contributed by atoms with Crippen molar-refractivity contribution in [1.29, 1.82) is 0 Å². The van der Waals surface area contributed by atoms with Gasteiger partial charge in [-0.3, -0.25) is 0 Å². The van der Waals surface area contributed by atoms with Crippen molar-refractivity contribution in [3.8, 4) is 0 Å². The lowest BCUT2D eigenvalue weighted by molar-refractivity contribution is 0.00772. The maximum absolute atomic E-state index is 9.56. The summed E-state index contributed by atoms with van der Waals surface area (Å²) < 4.78 is 11.3. The van der Waals surface area contributed by atoms with E-state index in [1.807, 2.05) is 7.85 Å². The van der Waals surface area contributed by atoms with Gasteiger partial charge in [0, 0.05) is 11.5 Å². The van der Waals surface area contributed by atoms with Crippen LogP contribution in [0, 0.1) is 0 Å². The molecular weight excluding hydrogens is 258 g/mol. The molecule has 1 saturated heterocycles. The average Bonchev–Trinajstić information content (AvgIpc) is 2.26. The van der Waals surface area contributed by atoms with Crippen LogP contribution < -0.4 is 0 Å². The minimum Gasteiger partial charge on any atom is -0.388 e. The summed E-state index contributed by atoms with van der Waals surface area (Å²) in [6.07, 6.45) is -0.683. The van der Waals surface area contributed by atoms with Crippen LogP contribution in [0.25, 0.3) is 0 Å². The number of hydrogen-bond acceptors (Lipinski definition) is 3. The summed E-state index contributed by atoms with van der Waals surface area (Å²) in [6, 6.07) is 0.00904. The van der Waals surface area contributed by atoms with E-state index in [1.165, 1.54) is 0 Å². The number of rotatable bonds is 2. The molecule has 2 unspecified atom stereocenters. The normalized spacial score (nSPS) is 44.6. The number of hydrogen-bond donors (Lipinski definition) is 1. The second kappa shape index (κ2) is 4.07. The maximum Gasteiger partial charge on any atom is 0.142 e. The molecule has 4 atom stereocenters. The Balaban J connectivity index is 2.55. The standard InChI is InChI=1S/C6H12BIO3/c1-10-5-4(9)3(2-8)11-6(5)7/h3-6,9H,2,7H2,1H3/t3-,4?,5?,6-/m1/s1. The van der Waals surface area contributed by atoms with Crippen LogP contribution >= 0.6 is 22.6 Å². The molecule has 5 heteroatoms. The fraction of sp³-hybridized carbons (Fsp3) is 1.00. The molecule has 0 radical (unpaired) electrons. The Kier molecular flexibility index (Phi) is 3.61. The molecule has 1 heterocycles. The van der Waals surface area contributed by atoms with Gasteiger partial charge < -0.3 is 14.6 Å². The summed E-state index contributed by atoms with van der Waals surface area (Å²) in [6.45, 7) is 0. The zero-order chi connectivity index (χ0) is 8.43. The summed E-state index contributed by atoms with van der Waals surface area (Å²) in [4.78, 5) is 0. The molecule has 0 aromatic carbocycles. The fourth-order valence-electron chi connectivity index (χ4n) is 1.38. The highest BCUT2D eigenvalue weighted by atomic mass is 127. The first-order valence-corrected chi connectivity index (χ1v) is 5.15. The molecular formula is C6H12BIO3. The quantitative estimate of drug-likeness (QED) is 0.404. The number of ether oxygens (including phenoxy) is 2. The lowest BCUT2D eigenvalue weighted by Gasteiger charge is -2.15. The number of aliphatic hydroxyl groups is 1. The van der Waals surface area contributed by atoms with E-state index in [0.717, 1.165) is 4.43 Å². The number of methoxy groups -OCH3 is 1. The fourth-order valence-corrected chi connectivity index (χ4v) is 2.11. The molecule has 0 amide bonds. The van der Waals surface area contributed by atoms with E-state index in [2.05, 4.69) is 22.6 Å². The number of aliphatic hydroxyl groups excluding tert-OH is 1. The van der Waals surface area contributed by atoms with Crippen LogP contribution in [0.5, 0.6) is 0 Å². The zero-order valence-corrected chi connectivity index (χ0v) is 8.82. The topological polar surface area (TPSA) is 38.7 Å². The van der Waals surface area contributed by atoms with Crippen molar-refractivity contribution in [2.45, 2.75) is 24.3 Å². The molecule has 64 valence electrons. The number of halogens is 1. The molecule has 0 aromatic heterocycles. The highest BCUT2D eigenvalue weighted by Gasteiger charge is 2.40. The molecule has 0 saturated carbocycles. The van der Waals surface area contributed by atoms with E-state index < -0.39 is 6.10 Å². The largest absolute Gasteiger partial charge is 0.388 e. The number of alkyl halides is 1. The van der Waals surface area contributed by atoms with Crippen molar-refractivity contribution < 1.29 is 14.6 Å². The van der Waals surface area contributed by atoms with Gasteiger partial charge in [-0.1, -0.05) is 22.6 Å². The molecule has 1 fully saturated rings. The Hall–Kier alpha value is 0.675. The van der Waals surface area contributed by atoms with Gasteiger partial charge in [-0.25, -0.2) is 0 Å². The van der Waals surface area contributed by atoms with Gasteiger partial charge in [0.2, 0.25) is 0 Å². The second-order valence-corrected chi connectivity index (χ2v) is 3.61. The monoisotopic (exact) mass is 270 g/mol.